The summed E-state index contributed by atoms with van der Waals surface area (Å²) >= 11 is 1.46. The van der Waals surface area contributed by atoms with Gasteiger partial charge in [-0.25, -0.2) is 0 Å². The van der Waals surface area contributed by atoms with Crippen molar-refractivity contribution in [2.24, 2.45) is 0 Å². The SMILES string of the molecule is CC(=O)NCc1ccc(C(=O)N2CCCC[C@@H]2Cn2cccn2)s1. The van der Waals surface area contributed by atoms with E-state index in [4.69, 9.17) is 0 Å². The van der Waals surface area contributed by atoms with Crippen molar-refractivity contribution >= 4 is 23.2 Å². The Bertz CT molecular complexity index is 695. The number of rotatable bonds is 5. The van der Waals surface area contributed by atoms with Crippen LogP contribution in [-0.4, -0.2) is 39.1 Å². The second kappa shape index (κ2) is 7.61. The number of likely N-dealkylation sites (tertiary alicyclic amines) is 1. The highest BCUT2D eigenvalue weighted by Crippen LogP contribution is 2.24. The predicted octanol–water partition coefficient (Wildman–Crippen LogP) is 2.28. The van der Waals surface area contributed by atoms with Gasteiger partial charge in [-0.15, -0.1) is 11.3 Å². The highest BCUT2D eigenvalue weighted by atomic mass is 32.1. The van der Waals surface area contributed by atoms with E-state index in [0.717, 1.165) is 42.1 Å². The number of carbonyl (C=O) groups excluding carboxylic acids is 2. The second-order valence-corrected chi connectivity index (χ2v) is 7.22. The largest absolute Gasteiger partial charge is 0.351 e. The molecule has 2 aromatic heterocycles. The third-order valence-corrected chi connectivity index (χ3v) is 5.30. The molecule has 1 saturated heterocycles. The molecule has 3 heterocycles. The number of hydrogen-bond acceptors (Lipinski definition) is 4. The summed E-state index contributed by atoms with van der Waals surface area (Å²) in [5.41, 5.74) is 0. The number of piperidine rings is 1. The van der Waals surface area contributed by atoms with Crippen LogP contribution in [0.5, 0.6) is 0 Å². The minimum absolute atomic E-state index is 0.0633. The standard InChI is InChI=1S/C17H22N4O2S/c1-13(22)18-11-15-6-7-16(24-15)17(23)21-10-3-2-5-14(21)12-20-9-4-8-19-20/h4,6-9,14H,2-3,5,10-12H2,1H3,(H,18,22)/t14-/m1/s1. The van der Waals surface area contributed by atoms with Crippen molar-refractivity contribution in [3.63, 3.8) is 0 Å². The van der Waals surface area contributed by atoms with Gasteiger partial charge < -0.3 is 10.2 Å². The quantitative estimate of drug-likeness (QED) is 0.903. The molecule has 3 rings (SSSR count). The van der Waals surface area contributed by atoms with Crippen molar-refractivity contribution in [3.8, 4) is 0 Å². The number of carbonyl (C=O) groups is 2. The highest BCUT2D eigenvalue weighted by Gasteiger charge is 2.28. The molecular formula is C17H22N4O2S. The molecule has 2 amide bonds. The maximum Gasteiger partial charge on any atom is 0.264 e. The normalized spacial score (nSPS) is 17.7. The molecule has 1 atom stereocenters. The summed E-state index contributed by atoms with van der Waals surface area (Å²) in [5.74, 6) is 0.0255. The number of thiophene rings is 1. The van der Waals surface area contributed by atoms with E-state index in [1.807, 2.05) is 34.0 Å². The Morgan fingerprint density at radius 1 is 1.38 bits per heavy atom. The molecule has 1 aliphatic heterocycles. The first-order valence-electron chi connectivity index (χ1n) is 8.25. The van der Waals surface area contributed by atoms with Crippen LogP contribution >= 0.6 is 11.3 Å². The van der Waals surface area contributed by atoms with Crippen molar-refractivity contribution in [1.29, 1.82) is 0 Å². The van der Waals surface area contributed by atoms with Gasteiger partial charge >= 0.3 is 0 Å². The zero-order valence-electron chi connectivity index (χ0n) is 13.8. The van der Waals surface area contributed by atoms with Crippen LogP contribution in [0.1, 0.15) is 40.7 Å². The van der Waals surface area contributed by atoms with Gasteiger partial charge in [-0.3, -0.25) is 14.3 Å². The molecular weight excluding hydrogens is 324 g/mol. The van der Waals surface area contributed by atoms with Crippen molar-refractivity contribution in [1.82, 2.24) is 20.0 Å². The van der Waals surface area contributed by atoms with Crippen LogP contribution < -0.4 is 5.32 Å². The molecule has 1 fully saturated rings. The van der Waals surface area contributed by atoms with E-state index in [0.29, 0.717) is 6.54 Å². The number of hydrogen-bond donors (Lipinski definition) is 1. The summed E-state index contributed by atoms with van der Waals surface area (Å²) in [5, 5.41) is 7.03. The average Bonchev–Trinajstić information content (AvgIpc) is 3.24. The zero-order valence-corrected chi connectivity index (χ0v) is 14.6. The van der Waals surface area contributed by atoms with E-state index in [1.165, 1.54) is 18.3 Å². The van der Waals surface area contributed by atoms with Gasteiger partial charge in [0.25, 0.3) is 5.91 Å². The Labute approximate surface area is 145 Å². The molecule has 2 aromatic rings. The summed E-state index contributed by atoms with van der Waals surface area (Å²) in [6, 6.07) is 5.87. The summed E-state index contributed by atoms with van der Waals surface area (Å²) < 4.78 is 1.90. The topological polar surface area (TPSA) is 67.2 Å². The Morgan fingerprint density at radius 3 is 3.00 bits per heavy atom. The molecule has 128 valence electrons. The maximum absolute atomic E-state index is 12.9. The first-order chi connectivity index (χ1) is 11.6. The number of aromatic nitrogens is 2. The van der Waals surface area contributed by atoms with Gasteiger partial charge in [0.15, 0.2) is 0 Å². The zero-order chi connectivity index (χ0) is 16.9. The van der Waals surface area contributed by atoms with Crippen LogP contribution in [0.4, 0.5) is 0 Å². The average molecular weight is 346 g/mol. The second-order valence-electron chi connectivity index (χ2n) is 6.05. The monoisotopic (exact) mass is 346 g/mol. The fraction of sp³-hybridized carbons (Fsp3) is 0.471. The van der Waals surface area contributed by atoms with E-state index >= 15 is 0 Å². The minimum Gasteiger partial charge on any atom is -0.351 e. The molecule has 6 nitrogen and oxygen atoms in total. The fourth-order valence-corrected chi connectivity index (χ4v) is 3.93. The Morgan fingerprint density at radius 2 is 2.25 bits per heavy atom. The van der Waals surface area contributed by atoms with Crippen molar-refractivity contribution < 1.29 is 9.59 Å². The molecule has 0 unspecified atom stereocenters. The Hall–Kier alpha value is -2.15. The molecule has 0 saturated carbocycles. The summed E-state index contributed by atoms with van der Waals surface area (Å²) in [6.45, 7) is 3.50. The lowest BCUT2D eigenvalue weighted by molar-refractivity contribution is -0.119. The number of nitrogens with zero attached hydrogens (tertiary/aromatic N) is 3. The molecule has 24 heavy (non-hydrogen) atoms. The molecule has 0 aromatic carbocycles. The van der Waals surface area contributed by atoms with Crippen LogP contribution in [0.2, 0.25) is 0 Å². The van der Waals surface area contributed by atoms with Crippen molar-refractivity contribution in [2.45, 2.75) is 45.3 Å². The van der Waals surface area contributed by atoms with Crippen LogP contribution in [0.3, 0.4) is 0 Å². The van der Waals surface area contributed by atoms with E-state index in [1.54, 1.807) is 6.20 Å². The van der Waals surface area contributed by atoms with E-state index in [-0.39, 0.29) is 17.9 Å². The summed E-state index contributed by atoms with van der Waals surface area (Å²) in [7, 11) is 0. The third kappa shape index (κ3) is 4.03. The fourth-order valence-electron chi connectivity index (χ4n) is 3.02. The van der Waals surface area contributed by atoms with Crippen LogP contribution in [0.25, 0.3) is 0 Å². The maximum atomic E-state index is 12.9. The summed E-state index contributed by atoms with van der Waals surface area (Å²) in [6.07, 6.45) is 6.91. The van der Waals surface area contributed by atoms with Gasteiger partial charge in [0, 0.05) is 30.7 Å². The van der Waals surface area contributed by atoms with Crippen molar-refractivity contribution in [2.75, 3.05) is 6.54 Å². The van der Waals surface area contributed by atoms with Gasteiger partial charge in [0.05, 0.1) is 24.0 Å². The minimum atomic E-state index is -0.0633. The number of amides is 2. The van der Waals surface area contributed by atoms with Crippen LogP contribution in [-0.2, 0) is 17.9 Å². The first kappa shape index (κ1) is 16.7. The van der Waals surface area contributed by atoms with Gasteiger partial charge in [-0.1, -0.05) is 0 Å². The molecule has 0 radical (unpaired) electrons. The van der Waals surface area contributed by atoms with Gasteiger partial charge in [-0.05, 0) is 37.5 Å². The molecule has 0 spiro atoms. The van der Waals surface area contributed by atoms with Gasteiger partial charge in [0.2, 0.25) is 5.91 Å². The van der Waals surface area contributed by atoms with Crippen molar-refractivity contribution in [3.05, 3.63) is 40.3 Å². The number of nitrogens with one attached hydrogen (secondary N) is 1. The smallest absolute Gasteiger partial charge is 0.264 e. The Kier molecular flexibility index (Phi) is 5.30. The summed E-state index contributed by atoms with van der Waals surface area (Å²) in [4.78, 5) is 27.6. The molecule has 7 heteroatoms. The lowest BCUT2D eigenvalue weighted by Gasteiger charge is -2.35. The van der Waals surface area contributed by atoms with Crippen LogP contribution in [0.15, 0.2) is 30.6 Å². The third-order valence-electron chi connectivity index (χ3n) is 4.23. The lowest BCUT2D eigenvalue weighted by Crippen LogP contribution is -2.45. The van der Waals surface area contributed by atoms with Crippen LogP contribution in [0, 0.1) is 0 Å². The van der Waals surface area contributed by atoms with E-state index < -0.39 is 0 Å². The lowest BCUT2D eigenvalue weighted by atomic mass is 10.0. The van der Waals surface area contributed by atoms with E-state index in [2.05, 4.69) is 10.4 Å². The van der Waals surface area contributed by atoms with Gasteiger partial charge in [0.1, 0.15) is 0 Å². The molecule has 0 aliphatic carbocycles. The molecule has 1 N–H and O–H groups in total. The van der Waals surface area contributed by atoms with E-state index in [9.17, 15) is 9.59 Å². The highest BCUT2D eigenvalue weighted by molar-refractivity contribution is 7.14. The Balaban J connectivity index is 1.68. The molecule has 1 aliphatic rings. The predicted molar refractivity (Wildman–Crippen MR) is 92.7 cm³/mol. The molecule has 0 bridgehead atoms. The first-order valence-corrected chi connectivity index (χ1v) is 9.06. The van der Waals surface area contributed by atoms with Gasteiger partial charge in [-0.2, -0.15) is 5.10 Å².